The number of hydrogen-bond acceptors (Lipinski definition) is 3. The Kier molecular flexibility index (Phi) is 2.85. The van der Waals surface area contributed by atoms with Crippen LogP contribution in [0.3, 0.4) is 0 Å². The fourth-order valence-electron chi connectivity index (χ4n) is 3.08. The van der Waals surface area contributed by atoms with E-state index >= 15 is 0 Å². The standard InChI is InChI=1S/C18H17N3/c19-17-15-7-3-4-8-16(15)20-18(21-17)14-10-9-12-5-1-2-6-13(12)11-14/h1-2,5-6,9-11H,3-4,7-8H2,(H2,19,20,21). The van der Waals surface area contributed by atoms with Crippen LogP contribution in [0.1, 0.15) is 24.1 Å². The number of nitrogens with zero attached hydrogens (tertiary/aromatic N) is 2. The molecule has 0 amide bonds. The Balaban J connectivity index is 1.86. The third-order valence-electron chi connectivity index (χ3n) is 4.22. The zero-order chi connectivity index (χ0) is 14.2. The lowest BCUT2D eigenvalue weighted by molar-refractivity contribution is 0.666. The van der Waals surface area contributed by atoms with Gasteiger partial charge >= 0.3 is 0 Å². The van der Waals surface area contributed by atoms with Crippen LogP contribution in [-0.2, 0) is 12.8 Å². The van der Waals surface area contributed by atoms with Crippen LogP contribution in [0.15, 0.2) is 42.5 Å². The highest BCUT2D eigenvalue weighted by Gasteiger charge is 2.16. The summed E-state index contributed by atoms with van der Waals surface area (Å²) in [6.07, 6.45) is 4.41. The molecule has 3 aromatic rings. The Bertz CT molecular complexity index is 824. The predicted octanol–water partition coefficient (Wildman–Crippen LogP) is 3.76. The Morgan fingerprint density at radius 2 is 1.67 bits per heavy atom. The number of rotatable bonds is 1. The van der Waals surface area contributed by atoms with E-state index in [1.165, 1.54) is 23.6 Å². The summed E-state index contributed by atoms with van der Waals surface area (Å²) in [5.74, 6) is 1.40. The molecular formula is C18H17N3. The highest BCUT2D eigenvalue weighted by atomic mass is 15.0. The van der Waals surface area contributed by atoms with E-state index in [0.29, 0.717) is 5.82 Å². The average molecular weight is 275 g/mol. The average Bonchev–Trinajstić information content (AvgIpc) is 2.54. The monoisotopic (exact) mass is 275 g/mol. The first kappa shape index (κ1) is 12.3. The normalized spacial score (nSPS) is 14.1. The number of fused-ring (bicyclic) bond motifs is 2. The lowest BCUT2D eigenvalue weighted by Gasteiger charge is -2.17. The minimum Gasteiger partial charge on any atom is -0.383 e. The van der Waals surface area contributed by atoms with Gasteiger partial charge in [-0.05, 0) is 42.5 Å². The van der Waals surface area contributed by atoms with E-state index in [4.69, 9.17) is 10.7 Å². The van der Waals surface area contributed by atoms with Crippen molar-refractivity contribution in [2.24, 2.45) is 0 Å². The summed E-state index contributed by atoms with van der Waals surface area (Å²) in [6, 6.07) is 14.7. The van der Waals surface area contributed by atoms with Crippen LogP contribution >= 0.6 is 0 Å². The lowest BCUT2D eigenvalue weighted by Crippen LogP contribution is -2.11. The third-order valence-corrected chi connectivity index (χ3v) is 4.22. The first-order chi connectivity index (χ1) is 10.3. The first-order valence-electron chi connectivity index (χ1n) is 7.46. The van der Waals surface area contributed by atoms with Gasteiger partial charge in [0.15, 0.2) is 5.82 Å². The van der Waals surface area contributed by atoms with Crippen LogP contribution < -0.4 is 5.73 Å². The molecule has 1 heterocycles. The van der Waals surface area contributed by atoms with Crippen molar-refractivity contribution in [3.8, 4) is 11.4 Å². The summed E-state index contributed by atoms with van der Waals surface area (Å²) in [7, 11) is 0. The van der Waals surface area contributed by atoms with Gasteiger partial charge in [0, 0.05) is 16.8 Å². The van der Waals surface area contributed by atoms with Crippen LogP contribution in [0.25, 0.3) is 22.2 Å². The second kappa shape index (κ2) is 4.85. The maximum Gasteiger partial charge on any atom is 0.161 e. The van der Waals surface area contributed by atoms with Gasteiger partial charge < -0.3 is 5.73 Å². The van der Waals surface area contributed by atoms with E-state index in [0.717, 1.165) is 35.5 Å². The van der Waals surface area contributed by atoms with Crippen LogP contribution in [0, 0.1) is 0 Å². The van der Waals surface area contributed by atoms with E-state index in [9.17, 15) is 0 Å². The Labute approximate surface area is 123 Å². The van der Waals surface area contributed by atoms with E-state index in [-0.39, 0.29) is 0 Å². The molecule has 0 atom stereocenters. The Morgan fingerprint density at radius 3 is 2.57 bits per heavy atom. The van der Waals surface area contributed by atoms with Gasteiger partial charge in [-0.1, -0.05) is 36.4 Å². The molecule has 4 rings (SSSR count). The first-order valence-corrected chi connectivity index (χ1v) is 7.46. The highest BCUT2D eigenvalue weighted by molar-refractivity contribution is 5.86. The third kappa shape index (κ3) is 2.15. The number of aryl methyl sites for hydroxylation is 1. The Hall–Kier alpha value is -2.42. The summed E-state index contributed by atoms with van der Waals surface area (Å²) in [5.41, 5.74) is 9.47. The van der Waals surface area contributed by atoms with Crippen molar-refractivity contribution in [1.29, 1.82) is 0 Å². The van der Waals surface area contributed by atoms with E-state index in [1.807, 2.05) is 6.07 Å². The van der Waals surface area contributed by atoms with Gasteiger partial charge in [-0.2, -0.15) is 0 Å². The zero-order valence-electron chi connectivity index (χ0n) is 11.8. The molecule has 3 heteroatoms. The maximum atomic E-state index is 6.14. The fraction of sp³-hybridized carbons (Fsp3) is 0.222. The van der Waals surface area contributed by atoms with E-state index < -0.39 is 0 Å². The van der Waals surface area contributed by atoms with Crippen molar-refractivity contribution in [3.05, 3.63) is 53.7 Å². The molecule has 0 fully saturated rings. The summed E-state index contributed by atoms with van der Waals surface area (Å²) in [4.78, 5) is 9.29. The van der Waals surface area contributed by atoms with Gasteiger partial charge in [0.25, 0.3) is 0 Å². The number of benzene rings is 2. The molecular weight excluding hydrogens is 258 g/mol. The van der Waals surface area contributed by atoms with Gasteiger partial charge in [0.05, 0.1) is 0 Å². The number of nitrogens with two attached hydrogens (primary N) is 1. The van der Waals surface area contributed by atoms with Crippen LogP contribution in [0.5, 0.6) is 0 Å². The lowest BCUT2D eigenvalue weighted by atomic mass is 9.96. The van der Waals surface area contributed by atoms with Gasteiger partial charge in [-0.15, -0.1) is 0 Å². The van der Waals surface area contributed by atoms with Crippen molar-refractivity contribution >= 4 is 16.6 Å². The molecule has 0 bridgehead atoms. The highest BCUT2D eigenvalue weighted by Crippen LogP contribution is 2.28. The minimum atomic E-state index is 0.655. The molecule has 0 aliphatic heterocycles. The molecule has 104 valence electrons. The van der Waals surface area contributed by atoms with Crippen LogP contribution in [0.2, 0.25) is 0 Å². The largest absolute Gasteiger partial charge is 0.383 e. The number of aromatic nitrogens is 2. The molecule has 0 saturated carbocycles. The smallest absolute Gasteiger partial charge is 0.161 e. The molecule has 0 radical (unpaired) electrons. The van der Waals surface area contributed by atoms with Crippen LogP contribution in [0.4, 0.5) is 5.82 Å². The quantitative estimate of drug-likeness (QED) is 0.735. The number of hydrogen-bond donors (Lipinski definition) is 1. The molecule has 0 spiro atoms. The zero-order valence-corrected chi connectivity index (χ0v) is 11.8. The van der Waals surface area contributed by atoms with Crippen molar-refractivity contribution in [2.45, 2.75) is 25.7 Å². The van der Waals surface area contributed by atoms with Gasteiger partial charge in [0.2, 0.25) is 0 Å². The Morgan fingerprint density at radius 1 is 0.857 bits per heavy atom. The number of nitrogen functional groups attached to an aromatic ring is 1. The number of anilines is 1. The van der Waals surface area contributed by atoms with E-state index in [2.05, 4.69) is 41.4 Å². The minimum absolute atomic E-state index is 0.655. The molecule has 1 aliphatic carbocycles. The van der Waals surface area contributed by atoms with Crippen molar-refractivity contribution in [1.82, 2.24) is 9.97 Å². The molecule has 0 unspecified atom stereocenters. The maximum absolute atomic E-state index is 6.14. The molecule has 3 nitrogen and oxygen atoms in total. The SMILES string of the molecule is Nc1nc(-c2ccc3ccccc3c2)nc2c1CCCC2. The van der Waals surface area contributed by atoms with Crippen molar-refractivity contribution in [3.63, 3.8) is 0 Å². The second-order valence-corrected chi connectivity index (χ2v) is 5.63. The summed E-state index contributed by atoms with van der Waals surface area (Å²) in [5, 5.41) is 2.43. The topological polar surface area (TPSA) is 51.8 Å². The van der Waals surface area contributed by atoms with Crippen molar-refractivity contribution in [2.75, 3.05) is 5.73 Å². The molecule has 0 saturated heterocycles. The predicted molar refractivity (Wildman–Crippen MR) is 86.0 cm³/mol. The fourth-order valence-corrected chi connectivity index (χ4v) is 3.08. The van der Waals surface area contributed by atoms with Crippen LogP contribution in [-0.4, -0.2) is 9.97 Å². The second-order valence-electron chi connectivity index (χ2n) is 5.63. The molecule has 2 aromatic carbocycles. The summed E-state index contributed by atoms with van der Waals surface area (Å²) in [6.45, 7) is 0. The summed E-state index contributed by atoms with van der Waals surface area (Å²) < 4.78 is 0. The van der Waals surface area contributed by atoms with Gasteiger partial charge in [-0.3, -0.25) is 0 Å². The van der Waals surface area contributed by atoms with Gasteiger partial charge in [-0.25, -0.2) is 9.97 Å². The summed E-state index contributed by atoms with van der Waals surface area (Å²) >= 11 is 0. The van der Waals surface area contributed by atoms with Crippen molar-refractivity contribution < 1.29 is 0 Å². The molecule has 1 aromatic heterocycles. The van der Waals surface area contributed by atoms with E-state index in [1.54, 1.807) is 0 Å². The molecule has 1 aliphatic rings. The molecule has 2 N–H and O–H groups in total. The molecule has 21 heavy (non-hydrogen) atoms. The van der Waals surface area contributed by atoms with Gasteiger partial charge in [0.1, 0.15) is 5.82 Å².